The summed E-state index contributed by atoms with van der Waals surface area (Å²) < 4.78 is 7.52. The smallest absolute Gasteiger partial charge is 0.266 e. The Kier molecular flexibility index (Phi) is 5.28. The van der Waals surface area contributed by atoms with Crippen molar-refractivity contribution >= 4 is 72.1 Å². The lowest BCUT2D eigenvalue weighted by molar-refractivity contribution is -0.121. The fourth-order valence-corrected chi connectivity index (χ4v) is 4.71. The summed E-state index contributed by atoms with van der Waals surface area (Å²) in [5, 5.41) is 0. The monoisotopic (exact) mass is 435 g/mol. The normalized spacial score (nSPS) is 17.2. The van der Waals surface area contributed by atoms with Crippen molar-refractivity contribution in [3.05, 3.63) is 31.5 Å². The molecule has 1 heterocycles. The molecule has 1 fully saturated rings. The topological polar surface area (TPSA) is 29.5 Å². The first-order valence-electron chi connectivity index (χ1n) is 5.76. The molecular weight excluding hydrogens is 426 g/mol. The van der Waals surface area contributed by atoms with Crippen molar-refractivity contribution < 1.29 is 9.53 Å². The Morgan fingerprint density at radius 1 is 1.40 bits per heavy atom. The molecule has 1 aromatic rings. The molecule has 7 heteroatoms. The number of thiocarbonyl (C=S) groups is 1. The number of hydrogen-bond acceptors (Lipinski definition) is 4. The van der Waals surface area contributed by atoms with Gasteiger partial charge < -0.3 is 4.74 Å². The molecule has 0 bridgehead atoms. The maximum atomic E-state index is 12.1. The average molecular weight is 437 g/mol. The summed E-state index contributed by atoms with van der Waals surface area (Å²) in [7, 11) is 1.61. The fraction of sp³-hybridized carbons (Fsp3) is 0.231. The van der Waals surface area contributed by atoms with E-state index in [9.17, 15) is 4.79 Å². The number of hydrogen-bond donors (Lipinski definition) is 0. The van der Waals surface area contributed by atoms with Crippen molar-refractivity contribution in [3.63, 3.8) is 0 Å². The summed E-state index contributed by atoms with van der Waals surface area (Å²) in [4.78, 5) is 14.4. The van der Waals surface area contributed by atoms with Crippen molar-refractivity contribution in [1.29, 1.82) is 0 Å². The third-order valence-corrected chi connectivity index (χ3v) is 5.27. The van der Waals surface area contributed by atoms with Gasteiger partial charge in [-0.2, -0.15) is 0 Å². The van der Waals surface area contributed by atoms with E-state index >= 15 is 0 Å². The third kappa shape index (κ3) is 3.10. The zero-order valence-electron chi connectivity index (χ0n) is 10.8. The lowest BCUT2D eigenvalue weighted by atomic mass is 10.2. The van der Waals surface area contributed by atoms with E-state index in [1.54, 1.807) is 12.0 Å². The molecule has 0 unspecified atom stereocenters. The van der Waals surface area contributed by atoms with E-state index < -0.39 is 0 Å². The van der Waals surface area contributed by atoms with E-state index in [-0.39, 0.29) is 5.91 Å². The van der Waals surface area contributed by atoms with Crippen LogP contribution in [-0.2, 0) is 4.79 Å². The Labute approximate surface area is 144 Å². The molecular formula is C13H11Br2NO2S2. The lowest BCUT2D eigenvalue weighted by Crippen LogP contribution is -2.27. The summed E-state index contributed by atoms with van der Waals surface area (Å²) >= 11 is 13.4. The molecule has 1 aromatic carbocycles. The number of benzene rings is 1. The van der Waals surface area contributed by atoms with Crippen molar-refractivity contribution in [1.82, 2.24) is 4.90 Å². The van der Waals surface area contributed by atoms with Gasteiger partial charge >= 0.3 is 0 Å². The van der Waals surface area contributed by atoms with E-state index in [4.69, 9.17) is 17.0 Å². The van der Waals surface area contributed by atoms with Gasteiger partial charge in [0, 0.05) is 6.54 Å². The summed E-state index contributed by atoms with van der Waals surface area (Å²) in [5.74, 6) is 0.689. The van der Waals surface area contributed by atoms with E-state index in [0.717, 1.165) is 20.3 Å². The molecule has 0 radical (unpaired) electrons. The Balaban J connectivity index is 2.37. The average Bonchev–Trinajstić information content (AvgIpc) is 2.63. The minimum Gasteiger partial charge on any atom is -0.494 e. The second-order valence-electron chi connectivity index (χ2n) is 3.94. The van der Waals surface area contributed by atoms with E-state index in [0.29, 0.717) is 15.8 Å². The van der Waals surface area contributed by atoms with E-state index in [1.807, 2.05) is 25.1 Å². The Morgan fingerprint density at radius 2 is 2.00 bits per heavy atom. The molecule has 2 rings (SSSR count). The van der Waals surface area contributed by atoms with Crippen molar-refractivity contribution in [2.45, 2.75) is 6.92 Å². The zero-order chi connectivity index (χ0) is 14.9. The SMILES string of the molecule is CCN1C(=O)/C(=C\c2cc(Br)c(OC)c(Br)c2)SC1=S. The van der Waals surface area contributed by atoms with Gasteiger partial charge in [-0.05, 0) is 62.6 Å². The second-order valence-corrected chi connectivity index (χ2v) is 7.33. The van der Waals surface area contributed by atoms with Gasteiger partial charge in [0.1, 0.15) is 10.1 Å². The molecule has 0 spiro atoms. The van der Waals surface area contributed by atoms with Crippen LogP contribution in [0, 0.1) is 0 Å². The molecule has 3 nitrogen and oxygen atoms in total. The van der Waals surface area contributed by atoms with Crippen LogP contribution in [-0.4, -0.2) is 28.8 Å². The van der Waals surface area contributed by atoms with Gasteiger partial charge in [0.25, 0.3) is 5.91 Å². The van der Waals surface area contributed by atoms with Gasteiger partial charge in [0.15, 0.2) is 0 Å². The first kappa shape index (κ1) is 16.0. The summed E-state index contributed by atoms with van der Waals surface area (Å²) in [6.07, 6.45) is 1.84. The maximum absolute atomic E-state index is 12.1. The highest BCUT2D eigenvalue weighted by Gasteiger charge is 2.30. The minimum absolute atomic E-state index is 0.0365. The van der Waals surface area contributed by atoms with Crippen molar-refractivity contribution in [2.24, 2.45) is 0 Å². The first-order valence-corrected chi connectivity index (χ1v) is 8.57. The zero-order valence-corrected chi connectivity index (χ0v) is 15.6. The van der Waals surface area contributed by atoms with Gasteiger partial charge in [-0.1, -0.05) is 24.0 Å². The van der Waals surface area contributed by atoms with Crippen LogP contribution in [0.4, 0.5) is 0 Å². The number of ether oxygens (including phenoxy) is 1. The number of amides is 1. The lowest BCUT2D eigenvalue weighted by Gasteiger charge is -2.09. The van der Waals surface area contributed by atoms with Crippen LogP contribution in [0.25, 0.3) is 6.08 Å². The molecule has 1 aliphatic rings. The molecule has 1 amide bonds. The van der Waals surface area contributed by atoms with Crippen LogP contribution in [0.2, 0.25) is 0 Å². The van der Waals surface area contributed by atoms with Crippen LogP contribution < -0.4 is 4.74 Å². The van der Waals surface area contributed by atoms with Gasteiger partial charge in [-0.3, -0.25) is 9.69 Å². The molecule has 0 N–H and O–H groups in total. The highest BCUT2D eigenvalue weighted by atomic mass is 79.9. The largest absolute Gasteiger partial charge is 0.494 e. The Bertz CT molecular complexity index is 593. The van der Waals surface area contributed by atoms with Crippen molar-refractivity contribution in [2.75, 3.05) is 13.7 Å². The van der Waals surface area contributed by atoms with Crippen LogP contribution in [0.3, 0.4) is 0 Å². The number of methoxy groups -OCH3 is 1. The molecule has 0 aliphatic carbocycles. The first-order chi connectivity index (χ1) is 9.47. The van der Waals surface area contributed by atoms with Gasteiger partial charge in [-0.25, -0.2) is 0 Å². The Hall–Kier alpha value is -0.370. The fourth-order valence-electron chi connectivity index (χ4n) is 1.78. The minimum atomic E-state index is -0.0365. The number of halogens is 2. The number of thioether (sulfide) groups is 1. The molecule has 0 atom stereocenters. The summed E-state index contributed by atoms with van der Waals surface area (Å²) in [6.45, 7) is 2.51. The predicted molar refractivity (Wildman–Crippen MR) is 93.9 cm³/mol. The molecule has 0 saturated carbocycles. The van der Waals surface area contributed by atoms with Crippen LogP contribution in [0.1, 0.15) is 12.5 Å². The molecule has 0 aromatic heterocycles. The summed E-state index contributed by atoms with van der Waals surface area (Å²) in [5.41, 5.74) is 0.904. The van der Waals surface area contributed by atoms with Gasteiger partial charge in [-0.15, -0.1) is 0 Å². The van der Waals surface area contributed by atoms with Gasteiger partial charge in [0.2, 0.25) is 0 Å². The third-order valence-electron chi connectivity index (χ3n) is 2.71. The van der Waals surface area contributed by atoms with E-state index in [2.05, 4.69) is 31.9 Å². The molecule has 106 valence electrons. The highest BCUT2D eigenvalue weighted by Crippen LogP contribution is 2.37. The number of carbonyl (C=O) groups excluding carboxylic acids is 1. The van der Waals surface area contributed by atoms with E-state index in [1.165, 1.54) is 11.8 Å². The number of carbonyl (C=O) groups is 1. The van der Waals surface area contributed by atoms with Crippen LogP contribution in [0.5, 0.6) is 5.75 Å². The second kappa shape index (κ2) is 6.60. The van der Waals surface area contributed by atoms with Gasteiger partial charge in [0.05, 0.1) is 21.0 Å². The van der Waals surface area contributed by atoms with Crippen LogP contribution >= 0.6 is 55.8 Å². The summed E-state index contributed by atoms with van der Waals surface area (Å²) in [6, 6.07) is 3.81. The number of rotatable bonds is 3. The standard InChI is InChI=1S/C13H11Br2NO2S2/c1-3-16-12(17)10(20-13(16)19)6-7-4-8(14)11(18-2)9(15)5-7/h4-6H,3H2,1-2H3/b10-6+. The highest BCUT2D eigenvalue weighted by molar-refractivity contribution is 9.11. The molecule has 20 heavy (non-hydrogen) atoms. The quantitative estimate of drug-likeness (QED) is 0.517. The number of likely N-dealkylation sites (N-methyl/N-ethyl adjacent to an activating group) is 1. The molecule has 1 saturated heterocycles. The Morgan fingerprint density at radius 3 is 2.45 bits per heavy atom. The van der Waals surface area contributed by atoms with Crippen molar-refractivity contribution in [3.8, 4) is 5.75 Å². The predicted octanol–water partition coefficient (Wildman–Crippen LogP) is 4.44. The van der Waals surface area contributed by atoms with Crippen LogP contribution in [0.15, 0.2) is 26.0 Å². The number of nitrogens with zero attached hydrogens (tertiary/aromatic N) is 1. The molecule has 1 aliphatic heterocycles. The maximum Gasteiger partial charge on any atom is 0.266 e.